The van der Waals surface area contributed by atoms with Gasteiger partial charge in [0.25, 0.3) is 0 Å². The minimum absolute atomic E-state index is 0.891. The fourth-order valence-electron chi connectivity index (χ4n) is 1.27. The highest BCUT2D eigenvalue weighted by Crippen LogP contribution is 2.16. The zero-order chi connectivity index (χ0) is 9.68. The first-order chi connectivity index (χ1) is 6.29. The Morgan fingerprint density at radius 1 is 1.54 bits per heavy atom. The molecule has 13 heavy (non-hydrogen) atoms. The summed E-state index contributed by atoms with van der Waals surface area (Å²) >= 11 is 0. The second-order valence-electron chi connectivity index (χ2n) is 3.05. The summed E-state index contributed by atoms with van der Waals surface area (Å²) in [5.74, 6) is 0. The molecule has 0 bridgehead atoms. The molecule has 0 amide bonds. The van der Waals surface area contributed by atoms with Crippen LogP contribution < -0.4 is 10.2 Å². The van der Waals surface area contributed by atoms with Crippen LogP contribution >= 0.6 is 0 Å². The van der Waals surface area contributed by atoms with E-state index in [0.29, 0.717) is 0 Å². The monoisotopic (exact) mass is 179 g/mol. The molecule has 0 spiro atoms. The molecule has 0 unspecified atom stereocenters. The van der Waals surface area contributed by atoms with Crippen molar-refractivity contribution < 1.29 is 0 Å². The Bertz CT molecular complexity index is 260. The number of hydrogen-bond acceptors (Lipinski definition) is 3. The van der Waals surface area contributed by atoms with Crippen LogP contribution in [0.25, 0.3) is 0 Å². The highest BCUT2D eigenvalue weighted by molar-refractivity contribution is 5.50. The average Bonchev–Trinajstić information content (AvgIpc) is 2.18. The highest BCUT2D eigenvalue weighted by atomic mass is 15.1. The van der Waals surface area contributed by atoms with Gasteiger partial charge in [-0.1, -0.05) is 0 Å². The van der Waals surface area contributed by atoms with E-state index in [9.17, 15) is 0 Å². The van der Waals surface area contributed by atoms with Crippen LogP contribution in [0, 0.1) is 0 Å². The summed E-state index contributed by atoms with van der Waals surface area (Å²) in [5.41, 5.74) is 2.50. The van der Waals surface area contributed by atoms with Gasteiger partial charge in [0, 0.05) is 26.3 Å². The molecular weight excluding hydrogens is 162 g/mol. The van der Waals surface area contributed by atoms with Crippen LogP contribution in [0.4, 0.5) is 5.69 Å². The van der Waals surface area contributed by atoms with Crippen molar-refractivity contribution in [1.29, 1.82) is 0 Å². The predicted octanol–water partition coefficient (Wildman–Crippen LogP) is 1.26. The van der Waals surface area contributed by atoms with Crippen LogP contribution in [0.15, 0.2) is 18.5 Å². The van der Waals surface area contributed by atoms with Crippen molar-refractivity contribution in [3.63, 3.8) is 0 Å². The molecule has 0 fully saturated rings. The largest absolute Gasteiger partial charge is 0.373 e. The lowest BCUT2D eigenvalue weighted by molar-refractivity contribution is 0.806. The molecule has 1 heterocycles. The smallest absolute Gasteiger partial charge is 0.0595 e. The number of rotatable bonds is 4. The molecule has 0 aliphatic rings. The number of nitrogens with zero attached hydrogens (tertiary/aromatic N) is 2. The van der Waals surface area contributed by atoms with Gasteiger partial charge >= 0.3 is 0 Å². The van der Waals surface area contributed by atoms with Crippen molar-refractivity contribution >= 4 is 5.69 Å². The van der Waals surface area contributed by atoms with Crippen molar-refractivity contribution in [2.45, 2.75) is 13.5 Å². The van der Waals surface area contributed by atoms with Crippen LogP contribution in [0.5, 0.6) is 0 Å². The fourth-order valence-corrected chi connectivity index (χ4v) is 1.27. The van der Waals surface area contributed by atoms with E-state index >= 15 is 0 Å². The molecule has 3 heteroatoms. The number of anilines is 1. The van der Waals surface area contributed by atoms with E-state index in [1.54, 1.807) is 0 Å². The Balaban J connectivity index is 2.90. The van der Waals surface area contributed by atoms with Crippen molar-refractivity contribution in [2.24, 2.45) is 0 Å². The Morgan fingerprint density at radius 3 is 2.92 bits per heavy atom. The standard InChI is InChI=1S/C10H17N3/c1-4-13(3)10-8-12-6-5-9(10)7-11-2/h5-6,8,11H,4,7H2,1-3H3. The summed E-state index contributed by atoms with van der Waals surface area (Å²) in [6.45, 7) is 4.03. The zero-order valence-electron chi connectivity index (χ0n) is 8.54. The van der Waals surface area contributed by atoms with E-state index < -0.39 is 0 Å². The molecule has 0 saturated heterocycles. The van der Waals surface area contributed by atoms with Crippen LogP contribution in [-0.4, -0.2) is 25.6 Å². The number of aromatic nitrogens is 1. The SMILES string of the molecule is CCN(C)c1cnccc1CNC. The second kappa shape index (κ2) is 4.82. The topological polar surface area (TPSA) is 28.2 Å². The maximum atomic E-state index is 4.13. The van der Waals surface area contributed by atoms with Crippen molar-refractivity contribution in [3.8, 4) is 0 Å². The number of pyridine rings is 1. The van der Waals surface area contributed by atoms with Gasteiger partial charge < -0.3 is 10.2 Å². The summed E-state index contributed by atoms with van der Waals surface area (Å²) in [4.78, 5) is 6.32. The summed E-state index contributed by atoms with van der Waals surface area (Å²) < 4.78 is 0. The first-order valence-corrected chi connectivity index (χ1v) is 4.58. The maximum Gasteiger partial charge on any atom is 0.0595 e. The van der Waals surface area contributed by atoms with E-state index in [1.807, 2.05) is 19.4 Å². The van der Waals surface area contributed by atoms with Gasteiger partial charge in [-0.05, 0) is 25.6 Å². The Kier molecular flexibility index (Phi) is 3.71. The van der Waals surface area contributed by atoms with Crippen LogP contribution in [0.3, 0.4) is 0 Å². The minimum atomic E-state index is 0.891. The molecular formula is C10H17N3. The molecule has 0 aliphatic carbocycles. The van der Waals surface area contributed by atoms with Crippen molar-refractivity contribution in [2.75, 3.05) is 25.5 Å². The Hall–Kier alpha value is -1.09. The number of nitrogens with one attached hydrogen (secondary N) is 1. The molecule has 1 aromatic rings. The van der Waals surface area contributed by atoms with E-state index in [2.05, 4.69) is 35.2 Å². The second-order valence-corrected chi connectivity index (χ2v) is 3.05. The van der Waals surface area contributed by atoms with Gasteiger partial charge in [0.2, 0.25) is 0 Å². The van der Waals surface area contributed by atoms with Gasteiger partial charge in [0.05, 0.1) is 11.9 Å². The van der Waals surface area contributed by atoms with Crippen LogP contribution in [0.1, 0.15) is 12.5 Å². The van der Waals surface area contributed by atoms with Crippen LogP contribution in [-0.2, 0) is 6.54 Å². The quantitative estimate of drug-likeness (QED) is 0.754. The van der Waals surface area contributed by atoms with Gasteiger partial charge in [-0.2, -0.15) is 0 Å². The Labute approximate surface area is 79.8 Å². The summed E-state index contributed by atoms with van der Waals surface area (Å²) in [6.07, 6.45) is 3.75. The first-order valence-electron chi connectivity index (χ1n) is 4.58. The molecule has 0 saturated carbocycles. The van der Waals surface area contributed by atoms with Crippen molar-refractivity contribution in [1.82, 2.24) is 10.3 Å². The predicted molar refractivity (Wildman–Crippen MR) is 55.9 cm³/mol. The average molecular weight is 179 g/mol. The molecule has 1 aromatic heterocycles. The molecule has 0 aliphatic heterocycles. The molecule has 1 rings (SSSR count). The van der Waals surface area contributed by atoms with Gasteiger partial charge in [-0.3, -0.25) is 4.98 Å². The lowest BCUT2D eigenvalue weighted by atomic mass is 10.2. The molecule has 0 atom stereocenters. The Morgan fingerprint density at radius 2 is 2.31 bits per heavy atom. The summed E-state index contributed by atoms with van der Waals surface area (Å²) in [6, 6.07) is 2.05. The molecule has 1 N–H and O–H groups in total. The third-order valence-electron chi connectivity index (χ3n) is 2.14. The van der Waals surface area contributed by atoms with Gasteiger partial charge in [-0.15, -0.1) is 0 Å². The van der Waals surface area contributed by atoms with E-state index in [-0.39, 0.29) is 0 Å². The fraction of sp³-hybridized carbons (Fsp3) is 0.500. The number of hydrogen-bond donors (Lipinski definition) is 1. The van der Waals surface area contributed by atoms with E-state index in [4.69, 9.17) is 0 Å². The van der Waals surface area contributed by atoms with Crippen LogP contribution in [0.2, 0.25) is 0 Å². The first kappa shape index (κ1) is 9.99. The van der Waals surface area contributed by atoms with Gasteiger partial charge in [0.15, 0.2) is 0 Å². The van der Waals surface area contributed by atoms with Crippen molar-refractivity contribution in [3.05, 3.63) is 24.0 Å². The minimum Gasteiger partial charge on any atom is -0.373 e. The summed E-state index contributed by atoms with van der Waals surface area (Å²) in [7, 11) is 4.03. The lowest BCUT2D eigenvalue weighted by Gasteiger charge is -2.19. The third kappa shape index (κ3) is 2.42. The normalized spacial score (nSPS) is 10.1. The molecule has 0 aromatic carbocycles. The highest BCUT2D eigenvalue weighted by Gasteiger charge is 2.03. The van der Waals surface area contributed by atoms with E-state index in [0.717, 1.165) is 13.1 Å². The summed E-state index contributed by atoms with van der Waals surface area (Å²) in [5, 5.41) is 3.15. The molecule has 0 radical (unpaired) electrons. The van der Waals surface area contributed by atoms with E-state index in [1.165, 1.54) is 11.3 Å². The van der Waals surface area contributed by atoms with Gasteiger partial charge in [0.1, 0.15) is 0 Å². The third-order valence-corrected chi connectivity index (χ3v) is 2.14. The van der Waals surface area contributed by atoms with Gasteiger partial charge in [-0.25, -0.2) is 0 Å². The lowest BCUT2D eigenvalue weighted by Crippen LogP contribution is -2.19. The maximum absolute atomic E-state index is 4.13. The molecule has 72 valence electrons. The molecule has 3 nitrogen and oxygen atoms in total. The zero-order valence-corrected chi connectivity index (χ0v) is 8.54.